The zero-order valence-corrected chi connectivity index (χ0v) is 24.0. The summed E-state index contributed by atoms with van der Waals surface area (Å²) in [6.45, 7) is 3.38. The Hall–Kier alpha value is -4.88. The lowest BCUT2D eigenvalue weighted by molar-refractivity contribution is 0.102. The molecular weight excluding hydrogens is 540 g/mol. The van der Waals surface area contributed by atoms with Crippen molar-refractivity contribution in [1.82, 2.24) is 34.2 Å². The van der Waals surface area contributed by atoms with E-state index in [0.717, 1.165) is 17.2 Å². The zero-order chi connectivity index (χ0) is 29.1. The molecule has 0 atom stereocenters. The maximum absolute atomic E-state index is 13.9. The van der Waals surface area contributed by atoms with Crippen LogP contribution in [-0.4, -0.2) is 74.3 Å². The maximum atomic E-state index is 13.9. The van der Waals surface area contributed by atoms with Gasteiger partial charge >= 0.3 is 5.69 Å². The molecule has 0 saturated carbocycles. The molecule has 3 aromatic heterocycles. The molecule has 5 rings (SSSR count). The third-order valence-electron chi connectivity index (χ3n) is 6.33. The Morgan fingerprint density at radius 1 is 1.00 bits per heavy atom. The van der Waals surface area contributed by atoms with Crippen LogP contribution in [0.4, 0.5) is 16.6 Å². The summed E-state index contributed by atoms with van der Waals surface area (Å²) in [5, 5.41) is 11.7. The molecule has 3 heterocycles. The third-order valence-corrected chi connectivity index (χ3v) is 7.08. The molecule has 0 spiro atoms. The maximum Gasteiger partial charge on any atom is 0.339 e. The second kappa shape index (κ2) is 11.7. The number of imidazole rings is 1. The van der Waals surface area contributed by atoms with Gasteiger partial charge in [-0.05, 0) is 63.5 Å². The van der Waals surface area contributed by atoms with Gasteiger partial charge in [0.25, 0.3) is 5.91 Å². The summed E-state index contributed by atoms with van der Waals surface area (Å²) in [4.78, 5) is 39.4. The predicted molar refractivity (Wildman–Crippen MR) is 162 cm³/mol. The van der Waals surface area contributed by atoms with Crippen LogP contribution in [-0.2, 0) is 0 Å². The van der Waals surface area contributed by atoms with Gasteiger partial charge < -0.3 is 15.5 Å². The number of fused-ring (bicyclic) bond motifs is 1. The SMILES string of the molecule is Cc1nnc(NC(=O)c2ccc(-n3c(=O)n(-c4cccc(N(C)C/C=C/CN(C)C)c4)c4ncnc(N)c43)cc2)s1. The molecule has 12 nitrogen and oxygen atoms in total. The number of nitrogens with two attached hydrogens (primary N) is 1. The molecule has 0 saturated heterocycles. The van der Waals surface area contributed by atoms with Crippen molar-refractivity contribution in [3.05, 3.63) is 88.1 Å². The minimum Gasteiger partial charge on any atom is -0.382 e. The highest BCUT2D eigenvalue weighted by Gasteiger charge is 2.21. The Morgan fingerprint density at radius 2 is 1.76 bits per heavy atom. The van der Waals surface area contributed by atoms with Gasteiger partial charge in [0.1, 0.15) is 16.9 Å². The van der Waals surface area contributed by atoms with E-state index in [-0.39, 0.29) is 17.4 Å². The molecule has 13 heteroatoms. The largest absolute Gasteiger partial charge is 0.382 e. The van der Waals surface area contributed by atoms with Crippen LogP contribution in [0.25, 0.3) is 22.5 Å². The average molecular weight is 571 g/mol. The van der Waals surface area contributed by atoms with Crippen LogP contribution in [0.15, 0.2) is 71.8 Å². The number of nitrogens with zero attached hydrogens (tertiary/aromatic N) is 8. The average Bonchev–Trinajstić information content (AvgIpc) is 3.50. The minimum absolute atomic E-state index is 0.165. The molecule has 5 aromatic rings. The van der Waals surface area contributed by atoms with Gasteiger partial charge in [0.2, 0.25) is 5.13 Å². The molecule has 0 radical (unpaired) electrons. The summed E-state index contributed by atoms with van der Waals surface area (Å²) in [6, 6.07) is 14.3. The molecular formula is C28H30N10O2S. The monoisotopic (exact) mass is 570 g/mol. The number of carbonyl (C=O) groups excluding carboxylic acids is 1. The fraction of sp³-hybridized carbons (Fsp3) is 0.214. The van der Waals surface area contributed by atoms with Crippen LogP contribution < -0.4 is 21.6 Å². The minimum atomic E-state index is -0.362. The van der Waals surface area contributed by atoms with Crippen LogP contribution >= 0.6 is 11.3 Å². The molecule has 0 bridgehead atoms. The van der Waals surface area contributed by atoms with Crippen molar-refractivity contribution in [1.29, 1.82) is 0 Å². The quantitative estimate of drug-likeness (QED) is 0.256. The zero-order valence-electron chi connectivity index (χ0n) is 23.1. The summed E-state index contributed by atoms with van der Waals surface area (Å²) in [7, 11) is 6.04. The predicted octanol–water partition coefficient (Wildman–Crippen LogP) is 3.12. The van der Waals surface area contributed by atoms with E-state index in [0.29, 0.717) is 39.8 Å². The van der Waals surface area contributed by atoms with Gasteiger partial charge in [-0.15, -0.1) is 10.2 Å². The number of likely N-dealkylation sites (N-methyl/N-ethyl adjacent to an activating group) is 2. The van der Waals surface area contributed by atoms with Gasteiger partial charge in [0.05, 0.1) is 11.4 Å². The standard InChI is InChI=1S/C28H30N10O2S/c1-18-33-34-27(41-18)32-26(39)19-10-12-20(13-11-19)37-23-24(29)30-17-31-25(23)38(28(37)40)22-9-7-8-21(16-22)36(4)15-6-5-14-35(2)3/h5-13,16-17H,14-15H2,1-4H3,(H2,29,30,31)(H,32,34,39)/b6-5+. The second-order valence-corrected chi connectivity index (χ2v) is 10.8. The van der Waals surface area contributed by atoms with Crippen LogP contribution in [0.1, 0.15) is 15.4 Å². The van der Waals surface area contributed by atoms with Crippen molar-refractivity contribution in [2.45, 2.75) is 6.92 Å². The Labute approximate surface area is 240 Å². The Morgan fingerprint density at radius 3 is 2.46 bits per heavy atom. The van der Waals surface area contributed by atoms with E-state index in [4.69, 9.17) is 5.73 Å². The van der Waals surface area contributed by atoms with Gasteiger partial charge in [-0.3, -0.25) is 14.7 Å². The van der Waals surface area contributed by atoms with Gasteiger partial charge in [-0.25, -0.2) is 19.3 Å². The summed E-state index contributed by atoms with van der Waals surface area (Å²) in [5.41, 5.74) is 9.16. The molecule has 1 amide bonds. The lowest BCUT2D eigenvalue weighted by Gasteiger charge is -2.18. The number of nitrogens with one attached hydrogen (secondary N) is 1. The Kier molecular flexibility index (Phi) is 7.90. The van der Waals surface area contributed by atoms with Crippen molar-refractivity contribution in [2.75, 3.05) is 50.2 Å². The number of nitrogen functional groups attached to an aromatic ring is 1. The number of benzene rings is 2. The number of hydrogen-bond donors (Lipinski definition) is 2. The third kappa shape index (κ3) is 5.85. The first-order valence-corrected chi connectivity index (χ1v) is 13.6. The van der Waals surface area contributed by atoms with Crippen LogP contribution in [0, 0.1) is 6.92 Å². The van der Waals surface area contributed by atoms with Gasteiger partial charge in [-0.1, -0.05) is 29.6 Å². The van der Waals surface area contributed by atoms with Crippen LogP contribution in [0.2, 0.25) is 0 Å². The first-order valence-electron chi connectivity index (χ1n) is 12.8. The number of hydrogen-bond acceptors (Lipinski definition) is 10. The van der Waals surface area contributed by atoms with Crippen molar-refractivity contribution >= 4 is 45.0 Å². The number of anilines is 3. The Balaban J connectivity index is 1.50. The van der Waals surface area contributed by atoms with Crippen molar-refractivity contribution < 1.29 is 4.79 Å². The highest BCUT2D eigenvalue weighted by Crippen LogP contribution is 2.25. The van der Waals surface area contributed by atoms with E-state index in [1.54, 1.807) is 24.3 Å². The molecule has 41 heavy (non-hydrogen) atoms. The first-order chi connectivity index (χ1) is 19.7. The van der Waals surface area contributed by atoms with Gasteiger partial charge in [-0.2, -0.15) is 0 Å². The molecule has 0 aliphatic carbocycles. The fourth-order valence-electron chi connectivity index (χ4n) is 4.29. The summed E-state index contributed by atoms with van der Waals surface area (Å²) >= 11 is 1.29. The highest BCUT2D eigenvalue weighted by molar-refractivity contribution is 7.15. The number of aromatic nitrogens is 6. The van der Waals surface area contributed by atoms with Crippen LogP contribution in [0.5, 0.6) is 0 Å². The lowest BCUT2D eigenvalue weighted by Crippen LogP contribution is -2.23. The number of amides is 1. The molecule has 210 valence electrons. The highest BCUT2D eigenvalue weighted by atomic mass is 32.1. The van der Waals surface area contributed by atoms with Crippen molar-refractivity contribution in [3.8, 4) is 11.4 Å². The fourth-order valence-corrected chi connectivity index (χ4v) is 4.88. The van der Waals surface area contributed by atoms with E-state index in [9.17, 15) is 9.59 Å². The summed E-state index contributed by atoms with van der Waals surface area (Å²) in [6.07, 6.45) is 5.56. The van der Waals surface area contributed by atoms with Crippen molar-refractivity contribution in [2.24, 2.45) is 0 Å². The summed E-state index contributed by atoms with van der Waals surface area (Å²) in [5.74, 6) is -0.165. The van der Waals surface area contributed by atoms with Crippen LogP contribution in [0.3, 0.4) is 0 Å². The first kappa shape index (κ1) is 27.7. The van der Waals surface area contributed by atoms with E-state index in [1.165, 1.54) is 26.8 Å². The van der Waals surface area contributed by atoms with Crippen molar-refractivity contribution in [3.63, 3.8) is 0 Å². The lowest BCUT2D eigenvalue weighted by atomic mass is 10.2. The Bertz CT molecular complexity index is 1790. The molecule has 0 unspecified atom stereocenters. The normalized spacial score (nSPS) is 11.5. The molecule has 2 aromatic carbocycles. The number of carbonyl (C=O) groups is 1. The topological polar surface area (TPSA) is 140 Å². The smallest absolute Gasteiger partial charge is 0.339 e. The van der Waals surface area contributed by atoms with E-state index < -0.39 is 0 Å². The summed E-state index contributed by atoms with van der Waals surface area (Å²) < 4.78 is 2.98. The second-order valence-electron chi connectivity index (χ2n) is 9.65. The molecule has 0 aliphatic rings. The van der Waals surface area contributed by atoms with E-state index in [2.05, 4.69) is 47.4 Å². The van der Waals surface area contributed by atoms with E-state index in [1.807, 2.05) is 52.3 Å². The number of rotatable bonds is 9. The molecule has 0 fully saturated rings. The molecule has 3 N–H and O–H groups in total. The van der Waals surface area contributed by atoms with Gasteiger partial charge in [0.15, 0.2) is 11.5 Å². The van der Waals surface area contributed by atoms with E-state index >= 15 is 0 Å². The number of aryl methyl sites for hydroxylation is 1. The molecule has 0 aliphatic heterocycles. The van der Waals surface area contributed by atoms with Gasteiger partial charge in [0, 0.05) is 31.4 Å².